The molecule has 0 amide bonds. The van der Waals surface area contributed by atoms with Crippen molar-refractivity contribution >= 4 is 5.78 Å². The summed E-state index contributed by atoms with van der Waals surface area (Å²) in [6.45, 7) is 0. The number of hydrogen-bond acceptors (Lipinski definition) is 2. The molecular weight excluding hydrogens is 257 g/mol. The monoisotopic (exact) mass is 272 g/mol. The lowest BCUT2D eigenvalue weighted by Crippen LogP contribution is -2.41. The zero-order valence-corrected chi connectivity index (χ0v) is 10.3. The minimum Gasteiger partial charge on any atom is -0.382 e. The standard InChI is InChI=1S/C14H15F3O2/c15-14(16,17)11-7-3-2-6-10(11)12(18)13(19)8-4-1-5-9-13/h2-3,6-7,19H,1,4-5,8-9H2. The van der Waals surface area contributed by atoms with E-state index in [4.69, 9.17) is 0 Å². The molecule has 0 aromatic heterocycles. The molecule has 0 atom stereocenters. The van der Waals surface area contributed by atoms with Crippen molar-refractivity contribution < 1.29 is 23.1 Å². The van der Waals surface area contributed by atoms with Gasteiger partial charge >= 0.3 is 6.18 Å². The fourth-order valence-corrected chi connectivity index (χ4v) is 2.54. The van der Waals surface area contributed by atoms with E-state index in [9.17, 15) is 23.1 Å². The Morgan fingerprint density at radius 3 is 2.26 bits per heavy atom. The second kappa shape index (κ2) is 4.96. The molecule has 0 spiro atoms. The van der Waals surface area contributed by atoms with Crippen LogP contribution in [0.4, 0.5) is 13.2 Å². The number of carbonyl (C=O) groups is 1. The van der Waals surface area contributed by atoms with Crippen LogP contribution in [-0.4, -0.2) is 16.5 Å². The summed E-state index contributed by atoms with van der Waals surface area (Å²) in [4.78, 5) is 12.2. The van der Waals surface area contributed by atoms with Crippen LogP contribution in [0.1, 0.15) is 48.0 Å². The molecule has 0 radical (unpaired) electrons. The van der Waals surface area contributed by atoms with Gasteiger partial charge in [-0.05, 0) is 18.9 Å². The molecule has 2 rings (SSSR count). The van der Waals surface area contributed by atoms with Crippen LogP contribution in [0, 0.1) is 0 Å². The topological polar surface area (TPSA) is 37.3 Å². The van der Waals surface area contributed by atoms with E-state index in [0.29, 0.717) is 12.8 Å². The van der Waals surface area contributed by atoms with Crippen molar-refractivity contribution in [2.24, 2.45) is 0 Å². The van der Waals surface area contributed by atoms with Gasteiger partial charge in [0, 0.05) is 5.56 Å². The van der Waals surface area contributed by atoms with Crippen LogP contribution in [0.25, 0.3) is 0 Å². The molecule has 0 saturated heterocycles. The quantitative estimate of drug-likeness (QED) is 0.835. The molecule has 1 aliphatic carbocycles. The van der Waals surface area contributed by atoms with E-state index < -0.39 is 28.7 Å². The Hall–Kier alpha value is -1.36. The van der Waals surface area contributed by atoms with Crippen molar-refractivity contribution in [3.63, 3.8) is 0 Å². The van der Waals surface area contributed by atoms with Gasteiger partial charge in [-0.2, -0.15) is 13.2 Å². The SMILES string of the molecule is O=C(c1ccccc1C(F)(F)F)C1(O)CCCCC1. The Labute approximate surface area is 109 Å². The van der Waals surface area contributed by atoms with Crippen LogP contribution in [0.15, 0.2) is 24.3 Å². The molecule has 1 aromatic carbocycles. The molecular formula is C14H15F3O2. The number of rotatable bonds is 2. The summed E-state index contributed by atoms with van der Waals surface area (Å²) in [7, 11) is 0. The molecule has 1 saturated carbocycles. The van der Waals surface area contributed by atoms with Crippen LogP contribution in [-0.2, 0) is 6.18 Å². The average molecular weight is 272 g/mol. The number of halogens is 3. The van der Waals surface area contributed by atoms with Crippen molar-refractivity contribution in [3.05, 3.63) is 35.4 Å². The van der Waals surface area contributed by atoms with Gasteiger partial charge in [-0.25, -0.2) is 0 Å². The van der Waals surface area contributed by atoms with Crippen molar-refractivity contribution in [2.45, 2.75) is 43.9 Å². The number of hydrogen-bond donors (Lipinski definition) is 1. The molecule has 1 aliphatic rings. The molecule has 5 heteroatoms. The minimum atomic E-state index is -4.59. The maximum atomic E-state index is 12.9. The zero-order valence-electron chi connectivity index (χ0n) is 10.3. The first kappa shape index (κ1) is 14.1. The molecule has 2 nitrogen and oxygen atoms in total. The van der Waals surface area contributed by atoms with Gasteiger partial charge in [0.1, 0.15) is 5.60 Å². The molecule has 1 N–H and O–H groups in total. The summed E-state index contributed by atoms with van der Waals surface area (Å²) in [5, 5.41) is 10.3. The second-order valence-electron chi connectivity index (χ2n) is 4.96. The molecule has 0 bridgehead atoms. The average Bonchev–Trinajstić information content (AvgIpc) is 2.38. The van der Waals surface area contributed by atoms with Crippen LogP contribution in [0.5, 0.6) is 0 Å². The highest BCUT2D eigenvalue weighted by Crippen LogP contribution is 2.36. The lowest BCUT2D eigenvalue weighted by atomic mass is 9.78. The van der Waals surface area contributed by atoms with Gasteiger partial charge in [-0.15, -0.1) is 0 Å². The molecule has 104 valence electrons. The fourth-order valence-electron chi connectivity index (χ4n) is 2.54. The van der Waals surface area contributed by atoms with E-state index in [1.807, 2.05) is 0 Å². The summed E-state index contributed by atoms with van der Waals surface area (Å²) in [6, 6.07) is 4.64. The second-order valence-corrected chi connectivity index (χ2v) is 4.96. The van der Waals surface area contributed by atoms with E-state index in [-0.39, 0.29) is 12.8 Å². The molecule has 1 fully saturated rings. The first-order chi connectivity index (χ1) is 8.84. The van der Waals surface area contributed by atoms with Crippen LogP contribution in [0.3, 0.4) is 0 Å². The maximum absolute atomic E-state index is 12.9. The Bertz CT molecular complexity index is 474. The molecule has 0 unspecified atom stereocenters. The van der Waals surface area contributed by atoms with Crippen molar-refractivity contribution in [2.75, 3.05) is 0 Å². The number of benzene rings is 1. The Morgan fingerprint density at radius 2 is 1.68 bits per heavy atom. The zero-order chi connectivity index (χ0) is 14.1. The normalized spacial score (nSPS) is 19.2. The first-order valence-electron chi connectivity index (χ1n) is 6.28. The van der Waals surface area contributed by atoms with E-state index in [2.05, 4.69) is 0 Å². The fraction of sp³-hybridized carbons (Fsp3) is 0.500. The van der Waals surface area contributed by atoms with Gasteiger partial charge in [0.15, 0.2) is 5.78 Å². The number of carbonyl (C=O) groups excluding carboxylic acids is 1. The Balaban J connectivity index is 2.39. The summed E-state index contributed by atoms with van der Waals surface area (Å²) in [5.74, 6) is -0.805. The van der Waals surface area contributed by atoms with E-state index in [0.717, 1.165) is 18.6 Å². The third-order valence-electron chi connectivity index (χ3n) is 3.58. The molecule has 0 heterocycles. The largest absolute Gasteiger partial charge is 0.417 e. The van der Waals surface area contributed by atoms with Gasteiger partial charge in [0.25, 0.3) is 0 Å². The highest BCUT2D eigenvalue weighted by atomic mass is 19.4. The van der Waals surface area contributed by atoms with E-state index >= 15 is 0 Å². The minimum absolute atomic E-state index is 0.234. The van der Waals surface area contributed by atoms with Gasteiger partial charge in [-0.3, -0.25) is 4.79 Å². The van der Waals surface area contributed by atoms with E-state index in [1.54, 1.807) is 0 Å². The lowest BCUT2D eigenvalue weighted by Gasteiger charge is -2.31. The predicted octanol–water partition coefficient (Wildman–Crippen LogP) is 3.58. The highest BCUT2D eigenvalue weighted by Gasteiger charge is 2.42. The Morgan fingerprint density at radius 1 is 1.11 bits per heavy atom. The number of aliphatic hydroxyl groups is 1. The van der Waals surface area contributed by atoms with Gasteiger partial charge in [-0.1, -0.05) is 37.5 Å². The molecule has 0 aliphatic heterocycles. The molecule has 19 heavy (non-hydrogen) atoms. The van der Waals surface area contributed by atoms with E-state index in [1.165, 1.54) is 12.1 Å². The summed E-state index contributed by atoms with van der Waals surface area (Å²) in [6.07, 6.45) is -1.89. The summed E-state index contributed by atoms with van der Waals surface area (Å²) < 4.78 is 38.6. The summed E-state index contributed by atoms with van der Waals surface area (Å²) >= 11 is 0. The smallest absolute Gasteiger partial charge is 0.382 e. The highest BCUT2D eigenvalue weighted by molar-refractivity contribution is 6.03. The predicted molar refractivity (Wildman–Crippen MR) is 63.8 cm³/mol. The number of Topliss-reactive ketones (excluding diaryl/α,β-unsaturated/α-hetero) is 1. The van der Waals surface area contributed by atoms with Crippen LogP contribution in [0.2, 0.25) is 0 Å². The van der Waals surface area contributed by atoms with Crippen molar-refractivity contribution in [3.8, 4) is 0 Å². The van der Waals surface area contributed by atoms with Crippen molar-refractivity contribution in [1.82, 2.24) is 0 Å². The Kier molecular flexibility index (Phi) is 3.67. The van der Waals surface area contributed by atoms with Crippen molar-refractivity contribution in [1.29, 1.82) is 0 Å². The third kappa shape index (κ3) is 2.81. The van der Waals surface area contributed by atoms with Crippen LogP contribution >= 0.6 is 0 Å². The third-order valence-corrected chi connectivity index (χ3v) is 3.58. The van der Waals surface area contributed by atoms with Crippen LogP contribution < -0.4 is 0 Å². The summed E-state index contributed by atoms with van der Waals surface area (Å²) in [5.41, 5.74) is -3.04. The van der Waals surface area contributed by atoms with Gasteiger partial charge in [0.05, 0.1) is 5.56 Å². The number of alkyl halides is 3. The molecule has 1 aromatic rings. The van der Waals surface area contributed by atoms with Gasteiger partial charge < -0.3 is 5.11 Å². The lowest BCUT2D eigenvalue weighted by molar-refractivity contribution is -0.138. The first-order valence-corrected chi connectivity index (χ1v) is 6.28. The maximum Gasteiger partial charge on any atom is 0.417 e. The number of ketones is 1. The van der Waals surface area contributed by atoms with Gasteiger partial charge in [0.2, 0.25) is 0 Å².